The van der Waals surface area contributed by atoms with Gasteiger partial charge in [0.15, 0.2) is 0 Å². The van der Waals surface area contributed by atoms with Gasteiger partial charge in [0.2, 0.25) is 0 Å². The van der Waals surface area contributed by atoms with Crippen molar-refractivity contribution >= 4 is 0 Å². The fraction of sp³-hybridized carbons (Fsp3) is 0.556. The van der Waals surface area contributed by atoms with E-state index in [0.29, 0.717) is 0 Å². The first-order valence-electron chi connectivity index (χ1n) is 7.78. The molecule has 1 aliphatic rings. The van der Waals surface area contributed by atoms with Gasteiger partial charge < -0.3 is 10.1 Å². The summed E-state index contributed by atoms with van der Waals surface area (Å²) in [6.45, 7) is 8.67. The highest BCUT2D eigenvalue weighted by Crippen LogP contribution is 2.32. The topological polar surface area (TPSA) is 21.3 Å². The average Bonchev–Trinajstić information content (AvgIpc) is 2.49. The van der Waals surface area contributed by atoms with Crippen molar-refractivity contribution < 1.29 is 4.74 Å². The molecule has 1 aromatic rings. The summed E-state index contributed by atoms with van der Waals surface area (Å²) in [5.41, 5.74) is 1.36. The van der Waals surface area contributed by atoms with Gasteiger partial charge in [-0.3, -0.25) is 0 Å². The van der Waals surface area contributed by atoms with E-state index in [1.54, 1.807) is 0 Å². The summed E-state index contributed by atoms with van der Waals surface area (Å²) < 4.78 is 5.94. The van der Waals surface area contributed by atoms with Gasteiger partial charge in [-0.15, -0.1) is 0 Å². The normalized spacial score (nSPS) is 17.2. The monoisotopic (exact) mass is 273 g/mol. The summed E-state index contributed by atoms with van der Waals surface area (Å²) in [7, 11) is 0. The van der Waals surface area contributed by atoms with Gasteiger partial charge in [-0.05, 0) is 37.4 Å². The Balaban J connectivity index is 2.27. The molecule has 110 valence electrons. The van der Waals surface area contributed by atoms with E-state index in [4.69, 9.17) is 4.74 Å². The third-order valence-corrected chi connectivity index (χ3v) is 4.09. The molecular weight excluding hydrogens is 246 g/mol. The highest BCUT2D eigenvalue weighted by Gasteiger charge is 2.35. The molecule has 0 spiro atoms. The van der Waals surface area contributed by atoms with Crippen molar-refractivity contribution in [2.75, 3.05) is 13.2 Å². The third-order valence-electron chi connectivity index (χ3n) is 4.09. The molecule has 2 nitrogen and oxygen atoms in total. The van der Waals surface area contributed by atoms with Crippen molar-refractivity contribution in [1.29, 1.82) is 0 Å². The van der Waals surface area contributed by atoms with E-state index in [2.05, 4.69) is 62.5 Å². The van der Waals surface area contributed by atoms with Crippen LogP contribution in [0.4, 0.5) is 0 Å². The number of nitrogens with one attached hydrogen (secondary N) is 1. The average molecular weight is 273 g/mol. The molecule has 0 fully saturated rings. The van der Waals surface area contributed by atoms with Crippen molar-refractivity contribution in [2.24, 2.45) is 0 Å². The van der Waals surface area contributed by atoms with E-state index >= 15 is 0 Å². The maximum absolute atomic E-state index is 5.94. The molecular formula is C18H27NO. The first-order valence-corrected chi connectivity index (χ1v) is 7.78. The maximum atomic E-state index is 5.94. The summed E-state index contributed by atoms with van der Waals surface area (Å²) in [6, 6.07) is 11.0. The molecule has 0 saturated carbocycles. The Morgan fingerprint density at radius 3 is 2.60 bits per heavy atom. The fourth-order valence-electron chi connectivity index (χ4n) is 2.81. The van der Waals surface area contributed by atoms with Crippen LogP contribution in [0.25, 0.3) is 0 Å². The number of benzene rings is 1. The van der Waals surface area contributed by atoms with Crippen molar-refractivity contribution in [3.05, 3.63) is 47.7 Å². The molecule has 0 aliphatic carbocycles. The van der Waals surface area contributed by atoms with Gasteiger partial charge >= 0.3 is 0 Å². The quantitative estimate of drug-likeness (QED) is 0.845. The predicted octanol–water partition coefficient (Wildman–Crippen LogP) is 4.03. The molecule has 1 N–H and O–H groups in total. The lowest BCUT2D eigenvalue weighted by Gasteiger charge is -2.38. The number of ether oxygens (including phenoxy) is 1. The third kappa shape index (κ3) is 3.43. The zero-order valence-electron chi connectivity index (χ0n) is 13.0. The zero-order valence-corrected chi connectivity index (χ0v) is 13.0. The Bertz CT molecular complexity index is 436. The molecule has 1 heterocycles. The Morgan fingerprint density at radius 1 is 1.25 bits per heavy atom. The molecule has 20 heavy (non-hydrogen) atoms. The molecule has 0 radical (unpaired) electrons. The van der Waals surface area contributed by atoms with Gasteiger partial charge in [-0.2, -0.15) is 0 Å². The van der Waals surface area contributed by atoms with Gasteiger partial charge in [-0.25, -0.2) is 0 Å². The maximum Gasteiger partial charge on any atom is 0.110 e. The van der Waals surface area contributed by atoms with Crippen LogP contribution in [0.15, 0.2) is 42.2 Å². The highest BCUT2D eigenvalue weighted by atomic mass is 16.5. The molecule has 1 atom stereocenters. The minimum atomic E-state index is 0.0135. The van der Waals surface area contributed by atoms with Gasteiger partial charge in [0.05, 0.1) is 12.6 Å². The van der Waals surface area contributed by atoms with Crippen LogP contribution in [0.5, 0.6) is 0 Å². The smallest absolute Gasteiger partial charge is 0.110 e. The number of rotatable bonds is 6. The van der Waals surface area contributed by atoms with E-state index in [9.17, 15) is 0 Å². The Morgan fingerprint density at radius 2 is 2.00 bits per heavy atom. The summed E-state index contributed by atoms with van der Waals surface area (Å²) in [5.74, 6) is 1.12. The van der Waals surface area contributed by atoms with Crippen LogP contribution in [0.1, 0.15) is 45.6 Å². The molecule has 1 unspecified atom stereocenters. The molecule has 2 heteroatoms. The molecule has 0 amide bonds. The van der Waals surface area contributed by atoms with Crippen molar-refractivity contribution in [3.63, 3.8) is 0 Å². The highest BCUT2D eigenvalue weighted by molar-refractivity contribution is 5.30. The minimum absolute atomic E-state index is 0.0135. The number of hydrogen-bond acceptors (Lipinski definition) is 2. The predicted molar refractivity (Wildman–Crippen MR) is 84.8 cm³/mol. The molecule has 2 rings (SSSR count). The van der Waals surface area contributed by atoms with E-state index in [0.717, 1.165) is 38.2 Å². The molecule has 0 saturated heterocycles. The Hall–Kier alpha value is -1.28. The summed E-state index contributed by atoms with van der Waals surface area (Å²) in [5, 5.41) is 3.68. The van der Waals surface area contributed by atoms with Crippen LogP contribution in [0, 0.1) is 0 Å². The van der Waals surface area contributed by atoms with Crippen LogP contribution in [0.3, 0.4) is 0 Å². The van der Waals surface area contributed by atoms with Gasteiger partial charge in [0, 0.05) is 5.41 Å². The molecule has 0 bridgehead atoms. The van der Waals surface area contributed by atoms with Crippen LogP contribution in [-0.4, -0.2) is 19.2 Å². The van der Waals surface area contributed by atoms with Gasteiger partial charge in [0.25, 0.3) is 0 Å². The van der Waals surface area contributed by atoms with Gasteiger partial charge in [0.1, 0.15) is 5.76 Å². The number of allylic oxidation sites excluding steroid dienone is 1. The van der Waals surface area contributed by atoms with E-state index in [1.807, 2.05) is 0 Å². The van der Waals surface area contributed by atoms with Crippen molar-refractivity contribution in [1.82, 2.24) is 5.32 Å². The van der Waals surface area contributed by atoms with Crippen LogP contribution < -0.4 is 5.32 Å². The van der Waals surface area contributed by atoms with E-state index < -0.39 is 0 Å². The SMILES string of the molecule is CCCNC(C1=CCCCO1)C(C)(C)c1ccccc1. The summed E-state index contributed by atoms with van der Waals surface area (Å²) in [6.07, 6.45) is 5.66. The minimum Gasteiger partial charge on any atom is -0.497 e. The molecule has 0 aromatic heterocycles. The first kappa shape index (κ1) is 15.1. The summed E-state index contributed by atoms with van der Waals surface area (Å²) in [4.78, 5) is 0. The Kier molecular flexibility index (Phi) is 5.24. The standard InChI is InChI=1S/C18H27NO/c1-4-13-19-17(16-12-8-9-14-20-16)18(2,3)15-10-6-5-7-11-15/h5-7,10-12,17,19H,4,8-9,13-14H2,1-3H3. The number of hydrogen-bond donors (Lipinski definition) is 1. The second kappa shape index (κ2) is 6.94. The zero-order chi connectivity index (χ0) is 14.4. The lowest BCUT2D eigenvalue weighted by Crippen LogP contribution is -2.47. The van der Waals surface area contributed by atoms with Crippen molar-refractivity contribution in [3.8, 4) is 0 Å². The first-order chi connectivity index (χ1) is 9.66. The van der Waals surface area contributed by atoms with Crippen molar-refractivity contribution in [2.45, 2.75) is 51.5 Å². The summed E-state index contributed by atoms with van der Waals surface area (Å²) >= 11 is 0. The largest absolute Gasteiger partial charge is 0.497 e. The van der Waals surface area contributed by atoms with Gasteiger partial charge in [-0.1, -0.05) is 51.1 Å². The van der Waals surface area contributed by atoms with Crippen LogP contribution in [0.2, 0.25) is 0 Å². The molecule has 1 aromatic carbocycles. The lowest BCUT2D eigenvalue weighted by molar-refractivity contribution is 0.147. The van der Waals surface area contributed by atoms with Crippen LogP contribution >= 0.6 is 0 Å². The second-order valence-electron chi connectivity index (χ2n) is 6.07. The second-order valence-corrected chi connectivity index (χ2v) is 6.07. The Labute approximate surface area is 123 Å². The van der Waals surface area contributed by atoms with E-state index in [1.165, 1.54) is 5.56 Å². The lowest BCUT2D eigenvalue weighted by atomic mass is 9.76. The van der Waals surface area contributed by atoms with Crippen LogP contribution in [-0.2, 0) is 10.2 Å². The van der Waals surface area contributed by atoms with E-state index in [-0.39, 0.29) is 11.5 Å². The molecule has 1 aliphatic heterocycles. The fourth-order valence-corrected chi connectivity index (χ4v) is 2.81.